The number of rotatable bonds is 4. The molecule has 5 nitrogen and oxygen atoms in total. The van der Waals surface area contributed by atoms with Gasteiger partial charge in [-0.2, -0.15) is 0 Å². The van der Waals surface area contributed by atoms with Crippen LogP contribution in [0.4, 0.5) is 4.39 Å². The molecule has 2 N–H and O–H groups in total. The summed E-state index contributed by atoms with van der Waals surface area (Å²) in [6, 6.07) is 9.54. The number of carbonyl (C=O) groups excluding carboxylic acids is 2. The number of benzene rings is 2. The Hall–Kier alpha value is -3.15. The maximum atomic E-state index is 12.9. The fraction of sp³-hybridized carbons (Fsp3) is 0.200. The zero-order valence-electron chi connectivity index (χ0n) is 14.6. The van der Waals surface area contributed by atoms with E-state index in [-0.39, 0.29) is 30.5 Å². The van der Waals surface area contributed by atoms with E-state index >= 15 is 0 Å². The van der Waals surface area contributed by atoms with Crippen LogP contribution in [-0.4, -0.2) is 11.8 Å². The van der Waals surface area contributed by atoms with Gasteiger partial charge in [-0.25, -0.2) is 4.39 Å². The molecule has 26 heavy (non-hydrogen) atoms. The molecule has 0 aliphatic heterocycles. The smallest absolute Gasteiger partial charge is 0.242 e. The van der Waals surface area contributed by atoms with Crippen LogP contribution in [0.2, 0.25) is 0 Å². The molecular formula is C20H19FN2O3. The van der Waals surface area contributed by atoms with Crippen LogP contribution in [-0.2, 0) is 22.4 Å². The van der Waals surface area contributed by atoms with Gasteiger partial charge in [0.05, 0.1) is 19.1 Å². The van der Waals surface area contributed by atoms with Crippen molar-refractivity contribution in [3.8, 4) is 0 Å². The Morgan fingerprint density at radius 1 is 0.962 bits per heavy atom. The average molecular weight is 354 g/mol. The molecule has 3 rings (SSSR count). The molecule has 0 bridgehead atoms. The molecule has 0 aliphatic carbocycles. The first-order valence-corrected chi connectivity index (χ1v) is 8.22. The first-order chi connectivity index (χ1) is 12.4. The number of furan rings is 1. The van der Waals surface area contributed by atoms with Gasteiger partial charge in [0.1, 0.15) is 11.4 Å². The largest absolute Gasteiger partial charge is 0.464 e. The fourth-order valence-corrected chi connectivity index (χ4v) is 2.71. The lowest BCUT2D eigenvalue weighted by Gasteiger charge is -2.07. The van der Waals surface area contributed by atoms with Crippen LogP contribution >= 0.6 is 0 Å². The molecule has 3 aromatic rings. The van der Waals surface area contributed by atoms with Gasteiger partial charge < -0.3 is 4.42 Å². The molecule has 6 heteroatoms. The lowest BCUT2D eigenvalue weighted by atomic mass is 10.0. The highest BCUT2D eigenvalue weighted by Gasteiger charge is 2.13. The zero-order chi connectivity index (χ0) is 18.7. The third-order valence-electron chi connectivity index (χ3n) is 4.31. The number of halogens is 1. The van der Waals surface area contributed by atoms with Crippen molar-refractivity contribution < 1.29 is 18.4 Å². The molecule has 0 unspecified atom stereocenters. The molecule has 0 aliphatic rings. The molecular weight excluding hydrogens is 335 g/mol. The summed E-state index contributed by atoms with van der Waals surface area (Å²) in [6.07, 6.45) is 1.71. The summed E-state index contributed by atoms with van der Waals surface area (Å²) in [7, 11) is 0. The number of hydrogen-bond donors (Lipinski definition) is 2. The van der Waals surface area contributed by atoms with E-state index in [4.69, 9.17) is 4.42 Å². The SMILES string of the molecule is Cc1ccc2c(CC(=O)NNC(=O)Cc3ccc(F)cc3)coc2c1C. The van der Waals surface area contributed by atoms with Gasteiger partial charge in [-0.15, -0.1) is 0 Å². The molecule has 0 saturated carbocycles. The fourth-order valence-electron chi connectivity index (χ4n) is 2.71. The number of fused-ring (bicyclic) bond motifs is 1. The zero-order valence-corrected chi connectivity index (χ0v) is 14.6. The Morgan fingerprint density at radius 3 is 2.31 bits per heavy atom. The Labute approximate surface area is 150 Å². The minimum absolute atomic E-state index is 0.0493. The molecule has 0 saturated heterocycles. The van der Waals surface area contributed by atoms with Crippen molar-refractivity contribution in [1.82, 2.24) is 10.9 Å². The van der Waals surface area contributed by atoms with Crippen LogP contribution in [0.15, 0.2) is 47.1 Å². The van der Waals surface area contributed by atoms with Gasteiger partial charge in [0.15, 0.2) is 0 Å². The molecule has 0 fully saturated rings. The standard InChI is InChI=1S/C20H19FN2O3/c1-12-3-8-17-15(11-26-20(17)13(12)2)10-19(25)23-22-18(24)9-14-4-6-16(21)7-5-14/h3-8,11H,9-10H2,1-2H3,(H,22,24)(H,23,25). The van der Waals surface area contributed by atoms with Crippen molar-refractivity contribution in [2.24, 2.45) is 0 Å². The summed E-state index contributed by atoms with van der Waals surface area (Å²) in [5.74, 6) is -1.09. The first kappa shape index (κ1) is 17.7. The van der Waals surface area contributed by atoms with Crippen molar-refractivity contribution in [2.45, 2.75) is 26.7 Å². The summed E-state index contributed by atoms with van der Waals surface area (Å²) < 4.78 is 18.4. The van der Waals surface area contributed by atoms with E-state index in [0.29, 0.717) is 5.56 Å². The second-order valence-electron chi connectivity index (χ2n) is 6.22. The number of hydrazine groups is 1. The van der Waals surface area contributed by atoms with E-state index in [9.17, 15) is 14.0 Å². The third kappa shape index (κ3) is 3.91. The highest BCUT2D eigenvalue weighted by Crippen LogP contribution is 2.26. The third-order valence-corrected chi connectivity index (χ3v) is 4.31. The molecule has 0 spiro atoms. The van der Waals surface area contributed by atoms with Crippen LogP contribution in [0.3, 0.4) is 0 Å². The maximum Gasteiger partial charge on any atom is 0.242 e. The number of hydrogen-bond acceptors (Lipinski definition) is 3. The molecule has 134 valence electrons. The van der Waals surface area contributed by atoms with Crippen molar-refractivity contribution in [3.63, 3.8) is 0 Å². The second-order valence-corrected chi connectivity index (χ2v) is 6.22. The molecule has 2 amide bonds. The molecule has 1 heterocycles. The van der Waals surface area contributed by atoms with Gasteiger partial charge in [0, 0.05) is 10.9 Å². The van der Waals surface area contributed by atoms with Gasteiger partial charge in [-0.1, -0.05) is 24.3 Å². The minimum atomic E-state index is -0.381. The molecule has 2 aromatic carbocycles. The van der Waals surface area contributed by atoms with Gasteiger partial charge in [0.25, 0.3) is 0 Å². The van der Waals surface area contributed by atoms with Crippen LogP contribution in [0.25, 0.3) is 11.0 Å². The summed E-state index contributed by atoms with van der Waals surface area (Å²) in [4.78, 5) is 24.0. The van der Waals surface area contributed by atoms with E-state index < -0.39 is 0 Å². The Bertz CT molecular complexity index is 961. The summed E-state index contributed by atoms with van der Waals surface area (Å²) in [5.41, 5.74) is 9.10. The summed E-state index contributed by atoms with van der Waals surface area (Å²) >= 11 is 0. The topological polar surface area (TPSA) is 71.3 Å². The highest BCUT2D eigenvalue weighted by molar-refractivity contribution is 5.90. The highest BCUT2D eigenvalue weighted by atomic mass is 19.1. The predicted molar refractivity (Wildman–Crippen MR) is 95.8 cm³/mol. The van der Waals surface area contributed by atoms with Gasteiger partial charge in [0.2, 0.25) is 11.8 Å². The quantitative estimate of drug-likeness (QED) is 0.707. The van der Waals surface area contributed by atoms with E-state index in [2.05, 4.69) is 10.9 Å². The number of amides is 2. The van der Waals surface area contributed by atoms with E-state index in [1.165, 1.54) is 24.3 Å². The summed E-state index contributed by atoms with van der Waals surface area (Å²) in [6.45, 7) is 3.97. The van der Waals surface area contributed by atoms with Crippen molar-refractivity contribution in [3.05, 3.63) is 70.7 Å². The van der Waals surface area contributed by atoms with Crippen molar-refractivity contribution in [2.75, 3.05) is 0 Å². The minimum Gasteiger partial charge on any atom is -0.464 e. The molecule has 0 radical (unpaired) electrons. The van der Waals surface area contributed by atoms with Crippen LogP contribution in [0, 0.1) is 19.7 Å². The lowest BCUT2D eigenvalue weighted by molar-refractivity contribution is -0.128. The van der Waals surface area contributed by atoms with Crippen LogP contribution in [0.5, 0.6) is 0 Å². The number of aryl methyl sites for hydroxylation is 2. The van der Waals surface area contributed by atoms with Crippen LogP contribution < -0.4 is 10.9 Å². The Balaban J connectivity index is 1.57. The Kier molecular flexibility index (Phi) is 5.02. The maximum absolute atomic E-state index is 12.9. The second kappa shape index (κ2) is 7.39. The normalized spacial score (nSPS) is 10.7. The molecule has 1 aromatic heterocycles. The van der Waals surface area contributed by atoms with Crippen molar-refractivity contribution in [1.29, 1.82) is 0 Å². The van der Waals surface area contributed by atoms with Gasteiger partial charge >= 0.3 is 0 Å². The predicted octanol–water partition coefficient (Wildman–Crippen LogP) is 3.12. The van der Waals surface area contributed by atoms with E-state index in [1.807, 2.05) is 26.0 Å². The summed E-state index contributed by atoms with van der Waals surface area (Å²) in [5, 5.41) is 0.890. The van der Waals surface area contributed by atoms with E-state index in [1.54, 1.807) is 6.26 Å². The lowest BCUT2D eigenvalue weighted by Crippen LogP contribution is -2.43. The number of nitrogens with one attached hydrogen (secondary N) is 2. The Morgan fingerprint density at radius 2 is 1.62 bits per heavy atom. The first-order valence-electron chi connectivity index (χ1n) is 8.22. The number of carbonyl (C=O) groups is 2. The van der Waals surface area contributed by atoms with E-state index in [0.717, 1.165) is 27.7 Å². The average Bonchev–Trinajstić information content (AvgIpc) is 3.02. The molecule has 0 atom stereocenters. The van der Waals surface area contributed by atoms with Crippen LogP contribution in [0.1, 0.15) is 22.3 Å². The van der Waals surface area contributed by atoms with Gasteiger partial charge in [-0.3, -0.25) is 20.4 Å². The van der Waals surface area contributed by atoms with Crippen molar-refractivity contribution >= 4 is 22.8 Å². The van der Waals surface area contributed by atoms with Gasteiger partial charge in [-0.05, 0) is 42.7 Å². The monoisotopic (exact) mass is 354 g/mol.